The summed E-state index contributed by atoms with van der Waals surface area (Å²) in [6.45, 7) is 1.37. The van der Waals surface area contributed by atoms with Gasteiger partial charge in [-0.1, -0.05) is 23.7 Å². The molecule has 2 aromatic carbocycles. The molecule has 0 fully saturated rings. The van der Waals surface area contributed by atoms with Crippen LogP contribution in [0.25, 0.3) is 0 Å². The van der Waals surface area contributed by atoms with Crippen molar-refractivity contribution in [3.8, 4) is 17.2 Å². The third-order valence-corrected chi connectivity index (χ3v) is 3.54. The third kappa shape index (κ3) is 4.06. The summed E-state index contributed by atoms with van der Waals surface area (Å²) in [5, 5.41) is 4.00. The largest absolute Gasteiger partial charge is 0.497 e. The molecule has 0 spiro atoms. The minimum Gasteiger partial charge on any atom is -0.497 e. The summed E-state index contributed by atoms with van der Waals surface area (Å²) < 4.78 is 15.9. The van der Waals surface area contributed by atoms with E-state index < -0.39 is 0 Å². The molecule has 0 unspecified atom stereocenters. The van der Waals surface area contributed by atoms with Gasteiger partial charge in [-0.2, -0.15) is 0 Å². The van der Waals surface area contributed by atoms with E-state index in [2.05, 4.69) is 5.32 Å². The van der Waals surface area contributed by atoms with Crippen molar-refractivity contribution < 1.29 is 14.2 Å². The van der Waals surface area contributed by atoms with Crippen LogP contribution in [-0.2, 0) is 13.1 Å². The van der Waals surface area contributed by atoms with E-state index in [-0.39, 0.29) is 0 Å². The van der Waals surface area contributed by atoms with Crippen molar-refractivity contribution in [2.45, 2.75) is 13.1 Å². The lowest BCUT2D eigenvalue weighted by Crippen LogP contribution is -2.13. The minimum atomic E-state index is 0.624. The lowest BCUT2D eigenvalue weighted by molar-refractivity contribution is 0.350. The summed E-state index contributed by atoms with van der Waals surface area (Å²) >= 11 is 6.11. The van der Waals surface area contributed by atoms with Crippen LogP contribution in [0.3, 0.4) is 0 Å². The van der Waals surface area contributed by atoms with E-state index in [0.717, 1.165) is 17.9 Å². The first kappa shape index (κ1) is 16.5. The van der Waals surface area contributed by atoms with Crippen LogP contribution in [-0.4, -0.2) is 21.3 Å². The van der Waals surface area contributed by atoms with Crippen LogP contribution in [0.5, 0.6) is 17.2 Å². The number of hydrogen-bond acceptors (Lipinski definition) is 4. The Hall–Kier alpha value is -1.91. The second-order valence-corrected chi connectivity index (χ2v) is 5.19. The molecule has 0 radical (unpaired) electrons. The van der Waals surface area contributed by atoms with E-state index in [4.69, 9.17) is 25.8 Å². The van der Waals surface area contributed by atoms with Gasteiger partial charge in [0.1, 0.15) is 5.75 Å². The molecule has 0 saturated carbocycles. The molecule has 1 N–H and O–H groups in total. The first-order chi connectivity index (χ1) is 10.7. The molecule has 0 amide bonds. The van der Waals surface area contributed by atoms with Crippen molar-refractivity contribution in [3.05, 3.63) is 52.5 Å². The smallest absolute Gasteiger partial charge is 0.165 e. The molecule has 0 aliphatic carbocycles. The number of hydrogen-bond donors (Lipinski definition) is 1. The van der Waals surface area contributed by atoms with Crippen molar-refractivity contribution >= 4 is 11.6 Å². The number of benzene rings is 2. The maximum atomic E-state index is 6.11. The Kier molecular flexibility index (Phi) is 5.92. The Labute approximate surface area is 136 Å². The molecule has 0 heterocycles. The van der Waals surface area contributed by atoms with Gasteiger partial charge in [0.15, 0.2) is 11.5 Å². The predicted octanol–water partition coefficient (Wildman–Crippen LogP) is 3.66. The summed E-state index contributed by atoms with van der Waals surface area (Å²) in [4.78, 5) is 0. The van der Waals surface area contributed by atoms with Crippen molar-refractivity contribution in [2.75, 3.05) is 21.3 Å². The molecule has 4 nitrogen and oxygen atoms in total. The fraction of sp³-hybridized carbons (Fsp3) is 0.294. The fourth-order valence-electron chi connectivity index (χ4n) is 2.22. The number of halogens is 1. The van der Waals surface area contributed by atoms with Gasteiger partial charge in [0.25, 0.3) is 0 Å². The summed E-state index contributed by atoms with van der Waals surface area (Å²) in [6, 6.07) is 11.6. The zero-order valence-electron chi connectivity index (χ0n) is 13.0. The van der Waals surface area contributed by atoms with Gasteiger partial charge >= 0.3 is 0 Å². The number of rotatable bonds is 7. The van der Waals surface area contributed by atoms with Crippen LogP contribution < -0.4 is 19.5 Å². The minimum absolute atomic E-state index is 0.624. The van der Waals surface area contributed by atoms with Crippen LogP contribution >= 0.6 is 11.6 Å². The summed E-state index contributed by atoms with van der Waals surface area (Å²) in [5.74, 6) is 2.19. The highest BCUT2D eigenvalue weighted by Gasteiger charge is 2.11. The van der Waals surface area contributed by atoms with Gasteiger partial charge in [0.2, 0.25) is 0 Å². The van der Waals surface area contributed by atoms with Gasteiger partial charge < -0.3 is 19.5 Å². The molecular formula is C17H20ClNO3. The highest BCUT2D eigenvalue weighted by molar-refractivity contribution is 6.30. The Morgan fingerprint density at radius 2 is 1.64 bits per heavy atom. The van der Waals surface area contributed by atoms with Crippen LogP contribution in [0, 0.1) is 0 Å². The van der Waals surface area contributed by atoms with Crippen molar-refractivity contribution in [1.82, 2.24) is 5.32 Å². The van der Waals surface area contributed by atoms with Crippen molar-refractivity contribution in [2.24, 2.45) is 0 Å². The number of nitrogens with one attached hydrogen (secondary N) is 1. The van der Waals surface area contributed by atoms with E-state index in [0.29, 0.717) is 23.1 Å². The van der Waals surface area contributed by atoms with Gasteiger partial charge in [0.05, 0.1) is 21.3 Å². The van der Waals surface area contributed by atoms with Gasteiger partial charge in [0, 0.05) is 29.7 Å². The highest BCUT2D eigenvalue weighted by atomic mass is 35.5. The summed E-state index contributed by atoms with van der Waals surface area (Å²) in [5.41, 5.74) is 2.13. The second kappa shape index (κ2) is 7.92. The van der Waals surface area contributed by atoms with Gasteiger partial charge in [-0.3, -0.25) is 0 Å². The normalized spacial score (nSPS) is 10.4. The molecule has 118 valence electrons. The zero-order chi connectivity index (χ0) is 15.9. The van der Waals surface area contributed by atoms with Crippen LogP contribution in [0.4, 0.5) is 0 Å². The molecule has 0 aliphatic rings. The van der Waals surface area contributed by atoms with Gasteiger partial charge in [-0.25, -0.2) is 0 Å². The van der Waals surface area contributed by atoms with E-state index in [1.807, 2.05) is 30.3 Å². The number of methoxy groups -OCH3 is 3. The molecule has 0 aliphatic heterocycles. The standard InChI is InChI=1S/C17H20ClNO3/c1-20-15-6-4-12(5-7-15)10-19-11-13-8-14(18)9-16(21-2)17(13)22-3/h4-9,19H,10-11H2,1-3H3. The molecule has 2 aromatic rings. The molecule has 22 heavy (non-hydrogen) atoms. The van der Waals surface area contributed by atoms with E-state index in [1.165, 1.54) is 5.56 Å². The first-order valence-corrected chi connectivity index (χ1v) is 7.29. The average Bonchev–Trinajstić information content (AvgIpc) is 2.55. The Bertz CT molecular complexity index is 614. The Morgan fingerprint density at radius 1 is 0.909 bits per heavy atom. The van der Waals surface area contributed by atoms with Crippen molar-refractivity contribution in [3.63, 3.8) is 0 Å². The molecule has 2 rings (SSSR count). The summed E-state index contributed by atoms with van der Waals surface area (Å²) in [7, 11) is 4.88. The fourth-order valence-corrected chi connectivity index (χ4v) is 2.45. The molecule has 0 atom stereocenters. The van der Waals surface area contributed by atoms with Crippen molar-refractivity contribution in [1.29, 1.82) is 0 Å². The molecule has 0 bridgehead atoms. The molecular weight excluding hydrogens is 302 g/mol. The highest BCUT2D eigenvalue weighted by Crippen LogP contribution is 2.34. The SMILES string of the molecule is COc1ccc(CNCc2cc(Cl)cc(OC)c2OC)cc1. The van der Waals surface area contributed by atoms with E-state index in [9.17, 15) is 0 Å². The van der Waals surface area contributed by atoms with Crippen LogP contribution in [0.1, 0.15) is 11.1 Å². The molecule has 0 aromatic heterocycles. The van der Waals surface area contributed by atoms with Gasteiger partial charge in [-0.05, 0) is 23.8 Å². The van der Waals surface area contributed by atoms with Gasteiger partial charge in [-0.15, -0.1) is 0 Å². The second-order valence-electron chi connectivity index (χ2n) is 4.75. The average molecular weight is 322 g/mol. The number of ether oxygens (including phenoxy) is 3. The Morgan fingerprint density at radius 3 is 2.23 bits per heavy atom. The van der Waals surface area contributed by atoms with Crippen LogP contribution in [0.15, 0.2) is 36.4 Å². The molecule has 5 heteroatoms. The maximum Gasteiger partial charge on any atom is 0.165 e. The van der Waals surface area contributed by atoms with Crippen LogP contribution in [0.2, 0.25) is 5.02 Å². The zero-order valence-corrected chi connectivity index (χ0v) is 13.7. The third-order valence-electron chi connectivity index (χ3n) is 3.32. The monoisotopic (exact) mass is 321 g/mol. The maximum absolute atomic E-state index is 6.11. The quantitative estimate of drug-likeness (QED) is 0.845. The van der Waals surface area contributed by atoms with E-state index >= 15 is 0 Å². The summed E-state index contributed by atoms with van der Waals surface area (Å²) in [6.07, 6.45) is 0. The lowest BCUT2D eigenvalue weighted by atomic mass is 10.1. The van der Waals surface area contributed by atoms with E-state index in [1.54, 1.807) is 27.4 Å². The lowest BCUT2D eigenvalue weighted by Gasteiger charge is -2.14. The molecule has 0 saturated heterocycles. The predicted molar refractivity (Wildman–Crippen MR) is 88.1 cm³/mol. The first-order valence-electron chi connectivity index (χ1n) is 6.92. The Balaban J connectivity index is 2.03. The topological polar surface area (TPSA) is 39.7 Å².